The molecule has 190 valence electrons. The lowest BCUT2D eigenvalue weighted by Crippen LogP contribution is -2.47. The first-order chi connectivity index (χ1) is 17.6. The number of para-hydroxylation sites is 1. The van der Waals surface area contributed by atoms with Crippen LogP contribution in [0.1, 0.15) is 47.5 Å². The van der Waals surface area contributed by atoms with Crippen LogP contribution in [0.25, 0.3) is 10.2 Å². The summed E-state index contributed by atoms with van der Waals surface area (Å²) >= 11 is 1.35. The van der Waals surface area contributed by atoms with E-state index in [0.717, 1.165) is 35.2 Å². The highest BCUT2D eigenvalue weighted by atomic mass is 32.1. The Labute approximate surface area is 214 Å². The van der Waals surface area contributed by atoms with Gasteiger partial charge in [0.25, 0.3) is 0 Å². The number of piperidine rings is 1. The van der Waals surface area contributed by atoms with Gasteiger partial charge in [0.2, 0.25) is 11.7 Å². The number of nitrogens with zero attached hydrogens (tertiary/aromatic N) is 1. The number of rotatable bonds is 11. The summed E-state index contributed by atoms with van der Waals surface area (Å²) in [7, 11) is 0. The first-order valence-corrected chi connectivity index (χ1v) is 13.3. The molecule has 36 heavy (non-hydrogen) atoms. The zero-order valence-electron chi connectivity index (χ0n) is 20.2. The molecule has 0 aliphatic carbocycles. The van der Waals surface area contributed by atoms with E-state index in [0.29, 0.717) is 37.4 Å². The molecule has 2 aromatic carbocycles. The van der Waals surface area contributed by atoms with E-state index in [-0.39, 0.29) is 24.2 Å². The average Bonchev–Trinajstić information content (AvgIpc) is 3.36. The zero-order chi connectivity index (χ0) is 25.2. The van der Waals surface area contributed by atoms with E-state index in [1.165, 1.54) is 11.3 Å². The van der Waals surface area contributed by atoms with Crippen molar-refractivity contribution in [3.63, 3.8) is 0 Å². The average molecular weight is 509 g/mol. The number of hydrogen-bond acceptors (Lipinski definition) is 7. The molecule has 9 heteroatoms. The number of fused-ring (bicyclic) bond motifs is 1. The van der Waals surface area contributed by atoms with Crippen molar-refractivity contribution in [2.45, 2.75) is 44.8 Å². The Morgan fingerprint density at radius 1 is 1.08 bits per heavy atom. The van der Waals surface area contributed by atoms with Crippen LogP contribution in [0.2, 0.25) is 0 Å². The van der Waals surface area contributed by atoms with Gasteiger partial charge in [-0.15, -0.1) is 11.3 Å². The maximum Gasteiger partial charge on any atom is 0.407 e. The second kappa shape index (κ2) is 13.1. The number of ketones is 1. The van der Waals surface area contributed by atoms with Crippen LogP contribution in [-0.4, -0.2) is 48.4 Å². The third-order valence-electron chi connectivity index (χ3n) is 6.21. The summed E-state index contributed by atoms with van der Waals surface area (Å²) < 4.78 is 6.17. The Hall–Kier alpha value is -3.30. The van der Waals surface area contributed by atoms with E-state index in [1.54, 1.807) is 0 Å². The number of aromatic nitrogens is 1. The van der Waals surface area contributed by atoms with Crippen molar-refractivity contribution >= 4 is 39.3 Å². The Balaban J connectivity index is 1.29. The second-order valence-electron chi connectivity index (χ2n) is 8.94. The van der Waals surface area contributed by atoms with Crippen molar-refractivity contribution in [2.24, 2.45) is 5.92 Å². The van der Waals surface area contributed by atoms with Gasteiger partial charge in [0.15, 0.2) is 5.01 Å². The summed E-state index contributed by atoms with van der Waals surface area (Å²) in [5, 5.41) is 9.40. The monoisotopic (exact) mass is 508 g/mol. The van der Waals surface area contributed by atoms with Gasteiger partial charge in [-0.2, -0.15) is 0 Å². The molecule has 3 aromatic rings. The van der Waals surface area contributed by atoms with Crippen molar-refractivity contribution in [3.8, 4) is 0 Å². The van der Waals surface area contributed by atoms with Crippen LogP contribution in [0, 0.1) is 5.92 Å². The highest BCUT2D eigenvalue weighted by molar-refractivity contribution is 7.20. The molecule has 0 bridgehead atoms. The lowest BCUT2D eigenvalue weighted by atomic mass is 9.97. The fraction of sp³-hybridized carbons (Fsp3) is 0.407. The Kier molecular flexibility index (Phi) is 9.40. The van der Waals surface area contributed by atoms with Gasteiger partial charge in [-0.1, -0.05) is 42.5 Å². The summed E-state index contributed by atoms with van der Waals surface area (Å²) in [6.07, 6.45) is 3.07. The molecule has 0 saturated carbocycles. The quantitative estimate of drug-likeness (QED) is 0.266. The summed E-state index contributed by atoms with van der Waals surface area (Å²) in [4.78, 5) is 42.7. The van der Waals surface area contributed by atoms with E-state index < -0.39 is 12.1 Å². The van der Waals surface area contributed by atoms with Crippen LogP contribution < -0.4 is 16.0 Å². The van der Waals surface area contributed by atoms with E-state index in [9.17, 15) is 14.4 Å². The lowest BCUT2D eigenvalue weighted by Gasteiger charge is -2.24. The first kappa shape index (κ1) is 25.8. The molecule has 1 fully saturated rings. The minimum atomic E-state index is -0.648. The number of benzene rings is 2. The number of amides is 2. The number of ether oxygens (including phenoxy) is 1. The van der Waals surface area contributed by atoms with Gasteiger partial charge in [-0.05, 0) is 56.3 Å². The molecule has 2 atom stereocenters. The molecule has 0 radical (unpaired) electrons. The predicted octanol–water partition coefficient (Wildman–Crippen LogP) is 4.06. The number of nitrogens with one attached hydrogen (secondary N) is 3. The number of carbonyl (C=O) groups excluding carboxylic acids is 3. The van der Waals surface area contributed by atoms with E-state index in [1.807, 2.05) is 54.6 Å². The molecule has 1 aliphatic rings. The number of thiazole rings is 1. The standard InChI is InChI=1S/C27H32N4O4S/c32-24(26-31-21-12-4-5-14-23(21)36-26)22(30-25(33)20-11-8-15-28-17-20)13-6-7-16-29-27(34)35-18-19-9-2-1-3-10-19/h1-5,9-10,12,14,20,22,28H,6-8,11,13,15-18H2,(H,29,34)(H,30,33)/t20-,22?/m1/s1. The number of alkyl carbamates (subject to hydrolysis) is 1. The minimum absolute atomic E-state index is 0.0933. The zero-order valence-corrected chi connectivity index (χ0v) is 21.0. The number of Topliss-reactive ketones (excluding diaryl/α,β-unsaturated/α-hetero) is 1. The number of hydrogen-bond donors (Lipinski definition) is 3. The normalized spacial score (nSPS) is 16.3. The second-order valence-corrected chi connectivity index (χ2v) is 9.97. The van der Waals surface area contributed by atoms with Crippen molar-refractivity contribution < 1.29 is 19.1 Å². The van der Waals surface area contributed by atoms with Crippen molar-refractivity contribution in [3.05, 3.63) is 65.2 Å². The Bertz CT molecular complexity index is 1130. The van der Waals surface area contributed by atoms with E-state index >= 15 is 0 Å². The van der Waals surface area contributed by atoms with Gasteiger partial charge in [0.05, 0.1) is 22.2 Å². The molecule has 1 aliphatic heterocycles. The highest BCUT2D eigenvalue weighted by Crippen LogP contribution is 2.23. The molecule has 4 rings (SSSR count). The maximum absolute atomic E-state index is 13.4. The number of unbranched alkanes of at least 4 members (excludes halogenated alkanes) is 1. The third kappa shape index (κ3) is 7.35. The van der Waals surface area contributed by atoms with Crippen LogP contribution in [0.15, 0.2) is 54.6 Å². The summed E-state index contributed by atoms with van der Waals surface area (Å²) in [6.45, 7) is 2.19. The molecular weight excluding hydrogens is 476 g/mol. The fourth-order valence-electron chi connectivity index (χ4n) is 4.20. The van der Waals surface area contributed by atoms with Gasteiger partial charge >= 0.3 is 6.09 Å². The lowest BCUT2D eigenvalue weighted by molar-refractivity contribution is -0.126. The van der Waals surface area contributed by atoms with Crippen LogP contribution >= 0.6 is 11.3 Å². The smallest absolute Gasteiger partial charge is 0.407 e. The molecule has 0 spiro atoms. The Morgan fingerprint density at radius 2 is 1.89 bits per heavy atom. The molecule has 1 unspecified atom stereocenters. The maximum atomic E-state index is 13.4. The highest BCUT2D eigenvalue weighted by Gasteiger charge is 2.28. The van der Waals surface area contributed by atoms with Crippen LogP contribution in [0.4, 0.5) is 4.79 Å². The van der Waals surface area contributed by atoms with Crippen LogP contribution in [0.5, 0.6) is 0 Å². The number of carbonyl (C=O) groups is 3. The van der Waals surface area contributed by atoms with Crippen molar-refractivity contribution in [1.29, 1.82) is 0 Å². The van der Waals surface area contributed by atoms with Crippen molar-refractivity contribution in [2.75, 3.05) is 19.6 Å². The van der Waals surface area contributed by atoms with Gasteiger partial charge in [-0.3, -0.25) is 9.59 Å². The van der Waals surface area contributed by atoms with Gasteiger partial charge < -0.3 is 20.7 Å². The fourth-order valence-corrected chi connectivity index (χ4v) is 5.16. The molecule has 8 nitrogen and oxygen atoms in total. The van der Waals surface area contributed by atoms with Crippen LogP contribution in [0.3, 0.4) is 0 Å². The molecule has 3 N–H and O–H groups in total. The molecule has 1 saturated heterocycles. The molecule has 1 aromatic heterocycles. The van der Waals surface area contributed by atoms with Gasteiger partial charge in [0, 0.05) is 13.1 Å². The first-order valence-electron chi connectivity index (χ1n) is 12.5. The van der Waals surface area contributed by atoms with E-state index in [4.69, 9.17) is 4.74 Å². The van der Waals surface area contributed by atoms with Crippen LogP contribution in [-0.2, 0) is 16.1 Å². The molecular formula is C27H32N4O4S. The third-order valence-corrected chi connectivity index (χ3v) is 7.26. The van der Waals surface area contributed by atoms with Gasteiger partial charge in [0.1, 0.15) is 6.61 Å². The summed E-state index contributed by atoms with van der Waals surface area (Å²) in [5.74, 6) is -0.390. The van der Waals surface area contributed by atoms with Crippen molar-refractivity contribution in [1.82, 2.24) is 20.9 Å². The Morgan fingerprint density at radius 3 is 2.67 bits per heavy atom. The molecule has 2 heterocycles. The largest absolute Gasteiger partial charge is 0.445 e. The van der Waals surface area contributed by atoms with E-state index in [2.05, 4.69) is 20.9 Å². The summed E-state index contributed by atoms with van der Waals surface area (Å²) in [5.41, 5.74) is 1.71. The molecule has 2 amide bonds. The predicted molar refractivity (Wildman–Crippen MR) is 140 cm³/mol. The SMILES string of the molecule is O=C(NCCCCC(NC(=O)[C@@H]1CCCNC1)C(=O)c1nc2ccccc2s1)OCc1ccccc1. The summed E-state index contributed by atoms with van der Waals surface area (Å²) in [6, 6.07) is 16.5. The topological polar surface area (TPSA) is 109 Å². The van der Waals surface area contributed by atoms with Gasteiger partial charge in [-0.25, -0.2) is 9.78 Å². The minimum Gasteiger partial charge on any atom is -0.445 e.